The molecule has 27 heavy (non-hydrogen) atoms. The molecule has 0 radical (unpaired) electrons. The van der Waals surface area contributed by atoms with Crippen molar-refractivity contribution in [3.8, 4) is 0 Å². The van der Waals surface area contributed by atoms with Crippen LogP contribution in [-0.4, -0.2) is 55.3 Å². The molecule has 1 aliphatic rings. The van der Waals surface area contributed by atoms with E-state index in [1.165, 1.54) is 12.8 Å². The molecule has 3 N–H and O–H groups in total. The highest BCUT2D eigenvalue weighted by Crippen LogP contribution is 2.30. The van der Waals surface area contributed by atoms with Gasteiger partial charge in [-0.25, -0.2) is 0 Å². The molecule has 1 atom stereocenters. The summed E-state index contributed by atoms with van der Waals surface area (Å²) in [6.45, 7) is 11.2. The molecule has 1 aliphatic heterocycles. The first-order valence-corrected chi connectivity index (χ1v) is 10.6. The molecule has 1 unspecified atom stereocenters. The maximum absolute atomic E-state index is 9.44. The number of aliphatic hydroxyl groups excluding tert-OH is 1. The lowest BCUT2D eigenvalue weighted by molar-refractivity contribution is 0.175. The molecule has 0 aliphatic carbocycles. The molecule has 0 bridgehead atoms. The van der Waals surface area contributed by atoms with Crippen molar-refractivity contribution in [2.24, 2.45) is 10.4 Å². The number of aliphatic hydroxyl groups is 1. The van der Waals surface area contributed by atoms with Gasteiger partial charge in [0.15, 0.2) is 5.96 Å². The molecule has 2 heterocycles. The fourth-order valence-electron chi connectivity index (χ4n) is 3.87. The van der Waals surface area contributed by atoms with Gasteiger partial charge in [0, 0.05) is 26.2 Å². The predicted molar refractivity (Wildman–Crippen MR) is 111 cm³/mol. The number of aliphatic imine (C=N–C) groups is 1. The zero-order valence-electron chi connectivity index (χ0n) is 17.3. The van der Waals surface area contributed by atoms with Crippen molar-refractivity contribution in [3.05, 3.63) is 24.2 Å². The monoisotopic (exact) mass is 378 g/mol. The van der Waals surface area contributed by atoms with Crippen molar-refractivity contribution >= 4 is 5.96 Å². The Labute approximate surface area is 164 Å². The molecule has 1 aromatic rings. The third-order valence-corrected chi connectivity index (χ3v) is 5.97. The maximum Gasteiger partial charge on any atom is 0.191 e. The Morgan fingerprint density at radius 3 is 2.56 bits per heavy atom. The second-order valence-electron chi connectivity index (χ2n) is 7.53. The molecule has 6 nitrogen and oxygen atoms in total. The van der Waals surface area contributed by atoms with E-state index in [1.807, 2.05) is 6.07 Å². The third-order valence-electron chi connectivity index (χ3n) is 5.97. The van der Waals surface area contributed by atoms with Gasteiger partial charge in [-0.2, -0.15) is 0 Å². The van der Waals surface area contributed by atoms with E-state index in [0.29, 0.717) is 0 Å². The quantitative estimate of drug-likeness (QED) is 0.407. The average molecular weight is 379 g/mol. The fraction of sp³-hybridized carbons (Fsp3) is 0.762. The van der Waals surface area contributed by atoms with Crippen LogP contribution in [0, 0.1) is 5.41 Å². The highest BCUT2D eigenvalue weighted by Gasteiger charge is 2.27. The molecular weight excluding hydrogens is 340 g/mol. The molecule has 6 heteroatoms. The zero-order valence-corrected chi connectivity index (χ0v) is 17.3. The summed E-state index contributed by atoms with van der Waals surface area (Å²) in [6.07, 6.45) is 7.10. The molecule has 1 fully saturated rings. The van der Waals surface area contributed by atoms with Gasteiger partial charge in [0.1, 0.15) is 5.76 Å². The standard InChI is InChI=1S/C21H38N4O2/c1-4-21(5-2,11-14-26)17-24-20(22-6-3)23-16-18(19-10-9-15-27-19)25-12-7-8-13-25/h9-10,15,18,26H,4-8,11-14,16-17H2,1-3H3,(H2,22,23,24). The number of nitrogens with one attached hydrogen (secondary N) is 2. The van der Waals surface area contributed by atoms with E-state index in [0.717, 1.165) is 63.7 Å². The van der Waals surface area contributed by atoms with Crippen LogP contribution in [0.3, 0.4) is 0 Å². The number of guanidine groups is 1. The molecule has 154 valence electrons. The van der Waals surface area contributed by atoms with Gasteiger partial charge in [0.05, 0.1) is 12.3 Å². The second-order valence-corrected chi connectivity index (χ2v) is 7.53. The zero-order chi connectivity index (χ0) is 19.5. The Balaban J connectivity index is 2.04. The van der Waals surface area contributed by atoms with Crippen molar-refractivity contribution in [2.75, 3.05) is 39.3 Å². The van der Waals surface area contributed by atoms with E-state index in [1.54, 1.807) is 6.26 Å². The molecular formula is C21H38N4O2. The summed E-state index contributed by atoms with van der Waals surface area (Å²) in [5.41, 5.74) is 0.0759. The maximum atomic E-state index is 9.44. The van der Waals surface area contributed by atoms with Crippen LogP contribution >= 0.6 is 0 Å². The van der Waals surface area contributed by atoms with Crippen LogP contribution in [0.1, 0.15) is 64.7 Å². The number of rotatable bonds is 11. The number of hydrogen-bond donors (Lipinski definition) is 3. The van der Waals surface area contributed by atoms with Crippen LogP contribution in [0.2, 0.25) is 0 Å². The number of furan rings is 1. The molecule has 1 saturated heterocycles. The lowest BCUT2D eigenvalue weighted by Gasteiger charge is -2.30. The van der Waals surface area contributed by atoms with Crippen molar-refractivity contribution in [1.29, 1.82) is 0 Å². The minimum absolute atomic E-state index is 0.0759. The highest BCUT2D eigenvalue weighted by molar-refractivity contribution is 5.79. The Kier molecular flexibility index (Phi) is 9.15. The normalized spacial score (nSPS) is 17.3. The van der Waals surface area contributed by atoms with Crippen molar-refractivity contribution in [2.45, 2.75) is 58.9 Å². The van der Waals surface area contributed by atoms with Gasteiger partial charge in [-0.15, -0.1) is 0 Å². The summed E-state index contributed by atoms with van der Waals surface area (Å²) in [7, 11) is 0. The Bertz CT molecular complexity index is 534. The third kappa shape index (κ3) is 6.25. The smallest absolute Gasteiger partial charge is 0.191 e. The molecule has 0 aromatic carbocycles. The largest absolute Gasteiger partial charge is 0.468 e. The summed E-state index contributed by atoms with van der Waals surface area (Å²) < 4.78 is 5.71. The summed E-state index contributed by atoms with van der Waals surface area (Å²) in [4.78, 5) is 7.35. The van der Waals surface area contributed by atoms with Crippen molar-refractivity contribution in [1.82, 2.24) is 15.5 Å². The predicted octanol–water partition coefficient (Wildman–Crippen LogP) is 3.16. The molecule has 0 spiro atoms. The Morgan fingerprint density at radius 1 is 1.26 bits per heavy atom. The van der Waals surface area contributed by atoms with E-state index < -0.39 is 0 Å². The lowest BCUT2D eigenvalue weighted by atomic mass is 9.79. The van der Waals surface area contributed by atoms with Gasteiger partial charge in [-0.05, 0) is 69.7 Å². The lowest BCUT2D eigenvalue weighted by Crippen LogP contribution is -2.43. The summed E-state index contributed by atoms with van der Waals surface area (Å²) in [5.74, 6) is 1.86. The minimum atomic E-state index is 0.0759. The topological polar surface area (TPSA) is 73.0 Å². The van der Waals surface area contributed by atoms with Crippen molar-refractivity contribution < 1.29 is 9.52 Å². The van der Waals surface area contributed by atoms with E-state index in [9.17, 15) is 5.11 Å². The van der Waals surface area contributed by atoms with Crippen LogP contribution in [0.25, 0.3) is 0 Å². The minimum Gasteiger partial charge on any atom is -0.468 e. The first-order valence-electron chi connectivity index (χ1n) is 10.6. The number of likely N-dealkylation sites (tertiary alicyclic amines) is 1. The Morgan fingerprint density at radius 2 is 2.00 bits per heavy atom. The first-order chi connectivity index (χ1) is 13.2. The summed E-state index contributed by atoms with van der Waals surface area (Å²) >= 11 is 0. The van der Waals surface area contributed by atoms with Crippen LogP contribution in [0.15, 0.2) is 27.8 Å². The van der Waals surface area contributed by atoms with Gasteiger partial charge in [-0.3, -0.25) is 9.89 Å². The SMILES string of the molecule is CCNC(=NCC(CC)(CC)CCO)NCC(c1ccco1)N1CCCC1. The van der Waals surface area contributed by atoms with E-state index >= 15 is 0 Å². The second kappa shape index (κ2) is 11.3. The van der Waals surface area contributed by atoms with Gasteiger partial charge in [0.2, 0.25) is 0 Å². The Hall–Kier alpha value is -1.53. The highest BCUT2D eigenvalue weighted by atomic mass is 16.3. The molecule has 0 saturated carbocycles. The van der Waals surface area contributed by atoms with Gasteiger partial charge in [-0.1, -0.05) is 13.8 Å². The average Bonchev–Trinajstić information content (AvgIpc) is 3.40. The molecule has 0 amide bonds. The van der Waals surface area contributed by atoms with E-state index in [-0.39, 0.29) is 18.1 Å². The van der Waals surface area contributed by atoms with Crippen molar-refractivity contribution in [3.63, 3.8) is 0 Å². The van der Waals surface area contributed by atoms with Crippen LogP contribution in [-0.2, 0) is 0 Å². The summed E-state index contributed by atoms with van der Waals surface area (Å²) in [5, 5.41) is 16.3. The first kappa shape index (κ1) is 21.8. The number of hydrogen-bond acceptors (Lipinski definition) is 4. The van der Waals surface area contributed by atoms with Gasteiger partial charge in [0.25, 0.3) is 0 Å². The molecule has 1 aromatic heterocycles. The van der Waals surface area contributed by atoms with Gasteiger partial charge < -0.3 is 20.2 Å². The van der Waals surface area contributed by atoms with Crippen LogP contribution in [0.5, 0.6) is 0 Å². The van der Waals surface area contributed by atoms with Gasteiger partial charge >= 0.3 is 0 Å². The van der Waals surface area contributed by atoms with E-state index in [2.05, 4.69) is 42.4 Å². The van der Waals surface area contributed by atoms with Crippen LogP contribution < -0.4 is 10.6 Å². The van der Waals surface area contributed by atoms with E-state index in [4.69, 9.17) is 9.41 Å². The number of nitrogens with zero attached hydrogens (tertiary/aromatic N) is 2. The fourth-order valence-corrected chi connectivity index (χ4v) is 3.87. The van der Waals surface area contributed by atoms with Crippen LogP contribution in [0.4, 0.5) is 0 Å². The summed E-state index contributed by atoms with van der Waals surface area (Å²) in [6, 6.07) is 4.25. The molecule has 2 rings (SSSR count).